The van der Waals surface area contributed by atoms with Gasteiger partial charge in [-0.25, -0.2) is 10.4 Å². The topological polar surface area (TPSA) is 116 Å². The number of non-ortho nitro benzene ring substituents is 1. The number of rotatable bonds is 3. The van der Waals surface area contributed by atoms with E-state index in [2.05, 4.69) is 5.43 Å². The molecule has 8 heteroatoms. The molecular formula is C15H13N3O5. The molecule has 1 heterocycles. The first-order valence-corrected chi connectivity index (χ1v) is 6.76. The smallest absolute Gasteiger partial charge is 0.303 e. The van der Waals surface area contributed by atoms with E-state index in [9.17, 15) is 25.1 Å². The molecule has 2 aromatic carbocycles. The van der Waals surface area contributed by atoms with Gasteiger partial charge < -0.3 is 10.2 Å². The molecule has 0 aliphatic carbocycles. The number of nitrogens with one attached hydrogen (secondary N) is 1. The summed E-state index contributed by atoms with van der Waals surface area (Å²) < 4.78 is 0. The molecule has 0 bridgehead atoms. The molecule has 118 valence electrons. The van der Waals surface area contributed by atoms with Gasteiger partial charge in [0, 0.05) is 12.1 Å². The first-order chi connectivity index (χ1) is 10.9. The largest absolute Gasteiger partial charge is 0.357 e. The van der Waals surface area contributed by atoms with Gasteiger partial charge in [0.15, 0.2) is 0 Å². The number of carbonyl (C=O) groups is 1. The van der Waals surface area contributed by atoms with Gasteiger partial charge >= 0.3 is 5.91 Å². The quantitative estimate of drug-likeness (QED) is 0.440. The Labute approximate surface area is 130 Å². The monoisotopic (exact) mass is 315 g/mol. The first kappa shape index (κ1) is 15.1. The van der Waals surface area contributed by atoms with Gasteiger partial charge in [-0.1, -0.05) is 30.3 Å². The summed E-state index contributed by atoms with van der Waals surface area (Å²) in [4.78, 5) is 22.4. The number of nitrogens with zero attached hydrogens (tertiary/aromatic N) is 2. The summed E-state index contributed by atoms with van der Waals surface area (Å²) >= 11 is 0. The predicted octanol–water partition coefficient (Wildman–Crippen LogP) is 0.868. The van der Waals surface area contributed by atoms with Crippen LogP contribution in [-0.4, -0.2) is 26.8 Å². The number of carbonyl (C=O) groups excluding carboxylic acids is 1. The number of anilines is 1. The Bertz CT molecular complexity index is 745. The fraction of sp³-hybridized carbons (Fsp3) is 0.133. The Morgan fingerprint density at radius 2 is 1.70 bits per heavy atom. The lowest BCUT2D eigenvalue weighted by Crippen LogP contribution is -2.42. The van der Waals surface area contributed by atoms with Crippen molar-refractivity contribution in [2.75, 3.05) is 5.01 Å². The van der Waals surface area contributed by atoms with E-state index >= 15 is 0 Å². The van der Waals surface area contributed by atoms with Crippen LogP contribution < -0.4 is 10.4 Å². The van der Waals surface area contributed by atoms with Crippen LogP contribution in [0.4, 0.5) is 11.4 Å². The minimum absolute atomic E-state index is 0.125. The van der Waals surface area contributed by atoms with Gasteiger partial charge in [-0.2, -0.15) is 0 Å². The van der Waals surface area contributed by atoms with E-state index in [0.717, 1.165) is 5.01 Å². The van der Waals surface area contributed by atoms with Crippen molar-refractivity contribution in [3.63, 3.8) is 0 Å². The van der Waals surface area contributed by atoms with E-state index in [0.29, 0.717) is 11.3 Å². The van der Waals surface area contributed by atoms with E-state index in [-0.39, 0.29) is 5.69 Å². The molecule has 0 saturated carbocycles. The minimum Gasteiger partial charge on any atom is -0.357 e. The van der Waals surface area contributed by atoms with Crippen molar-refractivity contribution in [1.82, 2.24) is 5.43 Å². The summed E-state index contributed by atoms with van der Waals surface area (Å²) in [5.74, 6) is -3.58. The highest BCUT2D eigenvalue weighted by Gasteiger charge is 2.53. The lowest BCUT2D eigenvalue weighted by molar-refractivity contribution is -0.384. The van der Waals surface area contributed by atoms with Gasteiger partial charge in [0.2, 0.25) is 0 Å². The molecule has 1 aliphatic rings. The molecule has 0 radical (unpaired) electrons. The second kappa shape index (κ2) is 5.43. The van der Waals surface area contributed by atoms with Crippen LogP contribution in [0.15, 0.2) is 54.6 Å². The molecule has 1 atom stereocenters. The van der Waals surface area contributed by atoms with Crippen LogP contribution in [-0.2, 0) is 4.79 Å². The lowest BCUT2D eigenvalue weighted by Gasteiger charge is -2.19. The molecule has 23 heavy (non-hydrogen) atoms. The van der Waals surface area contributed by atoms with Crippen LogP contribution in [0.25, 0.3) is 0 Å². The molecule has 1 saturated heterocycles. The number of hydrogen-bond acceptors (Lipinski definition) is 6. The van der Waals surface area contributed by atoms with Crippen LogP contribution in [0.5, 0.6) is 0 Å². The summed E-state index contributed by atoms with van der Waals surface area (Å²) in [5.41, 5.74) is 3.39. The Hall–Kier alpha value is -2.81. The van der Waals surface area contributed by atoms with Crippen molar-refractivity contribution >= 4 is 17.3 Å². The van der Waals surface area contributed by atoms with Crippen LogP contribution >= 0.6 is 0 Å². The molecular weight excluding hydrogens is 302 g/mol. The molecule has 8 nitrogen and oxygen atoms in total. The SMILES string of the molecule is O=C1N(c2ccccc2)NC(c2ccc([N+](=O)[O-])cc2)C1(O)O. The Balaban J connectivity index is 1.94. The highest BCUT2D eigenvalue weighted by Crippen LogP contribution is 2.34. The third-order valence-electron chi connectivity index (χ3n) is 3.63. The third kappa shape index (κ3) is 2.55. The van der Waals surface area contributed by atoms with Crippen molar-refractivity contribution in [3.8, 4) is 0 Å². The average Bonchev–Trinajstić information content (AvgIpc) is 2.79. The number of amides is 1. The lowest BCUT2D eigenvalue weighted by atomic mass is 10.00. The van der Waals surface area contributed by atoms with Gasteiger partial charge in [0.25, 0.3) is 11.5 Å². The van der Waals surface area contributed by atoms with E-state index in [4.69, 9.17) is 0 Å². The summed E-state index contributed by atoms with van der Waals surface area (Å²) in [6, 6.07) is 12.5. The molecule has 1 amide bonds. The molecule has 3 N–H and O–H groups in total. The molecule has 1 aliphatic heterocycles. The van der Waals surface area contributed by atoms with E-state index < -0.39 is 22.7 Å². The van der Waals surface area contributed by atoms with Gasteiger partial charge in [0.05, 0.1) is 10.6 Å². The second-order valence-electron chi connectivity index (χ2n) is 5.11. The molecule has 1 fully saturated rings. The summed E-state index contributed by atoms with van der Waals surface area (Å²) in [6.07, 6.45) is 0. The average molecular weight is 315 g/mol. The van der Waals surface area contributed by atoms with Crippen LogP contribution in [0.1, 0.15) is 11.6 Å². The van der Waals surface area contributed by atoms with Crippen LogP contribution in [0.2, 0.25) is 0 Å². The van der Waals surface area contributed by atoms with Crippen molar-refractivity contribution in [3.05, 3.63) is 70.3 Å². The van der Waals surface area contributed by atoms with Crippen LogP contribution in [0, 0.1) is 10.1 Å². The minimum atomic E-state index is -2.66. The molecule has 3 rings (SSSR count). The van der Waals surface area contributed by atoms with E-state index in [1.54, 1.807) is 30.3 Å². The Morgan fingerprint density at radius 1 is 1.09 bits per heavy atom. The van der Waals surface area contributed by atoms with Crippen molar-refractivity contribution in [1.29, 1.82) is 0 Å². The number of benzene rings is 2. The zero-order valence-electron chi connectivity index (χ0n) is 11.8. The van der Waals surface area contributed by atoms with Gasteiger partial charge in [0.1, 0.15) is 6.04 Å². The standard InChI is InChI=1S/C15H13N3O5/c19-14-15(20,21)13(10-6-8-12(9-7-10)18(22)23)16-17(14)11-4-2-1-3-5-11/h1-9,13,16,20-21H. The summed E-state index contributed by atoms with van der Waals surface area (Å²) in [7, 11) is 0. The number of hydrogen-bond donors (Lipinski definition) is 3. The van der Waals surface area contributed by atoms with E-state index in [1.807, 2.05) is 0 Å². The number of hydrazine groups is 1. The Morgan fingerprint density at radius 3 is 2.26 bits per heavy atom. The third-order valence-corrected chi connectivity index (χ3v) is 3.63. The number of nitro groups is 1. The molecule has 0 aromatic heterocycles. The van der Waals surface area contributed by atoms with Crippen molar-refractivity contribution in [2.24, 2.45) is 0 Å². The fourth-order valence-electron chi connectivity index (χ4n) is 2.43. The van der Waals surface area contributed by atoms with Gasteiger partial charge in [-0.05, 0) is 17.7 Å². The summed E-state index contributed by atoms with van der Waals surface area (Å²) in [6.45, 7) is 0. The van der Waals surface area contributed by atoms with Crippen molar-refractivity contribution < 1.29 is 19.9 Å². The number of aliphatic hydroxyl groups is 2. The first-order valence-electron chi connectivity index (χ1n) is 6.76. The highest BCUT2D eigenvalue weighted by molar-refractivity contribution is 6.00. The van der Waals surface area contributed by atoms with Gasteiger partial charge in [-0.15, -0.1) is 0 Å². The highest BCUT2D eigenvalue weighted by atomic mass is 16.6. The number of nitro benzene ring substituents is 1. The zero-order chi connectivity index (χ0) is 16.6. The van der Waals surface area contributed by atoms with Crippen molar-refractivity contribution in [2.45, 2.75) is 11.8 Å². The van der Waals surface area contributed by atoms with Gasteiger partial charge in [-0.3, -0.25) is 14.9 Å². The normalized spacial score (nSPS) is 19.8. The predicted molar refractivity (Wildman–Crippen MR) is 80.1 cm³/mol. The fourth-order valence-corrected chi connectivity index (χ4v) is 2.43. The molecule has 1 unspecified atom stereocenters. The second-order valence-corrected chi connectivity index (χ2v) is 5.11. The maximum atomic E-state index is 12.2. The number of para-hydroxylation sites is 1. The Kier molecular flexibility index (Phi) is 3.57. The van der Waals surface area contributed by atoms with Crippen LogP contribution in [0.3, 0.4) is 0 Å². The zero-order valence-corrected chi connectivity index (χ0v) is 11.8. The van der Waals surface area contributed by atoms with E-state index in [1.165, 1.54) is 24.3 Å². The molecule has 0 spiro atoms. The molecule has 2 aromatic rings. The maximum absolute atomic E-state index is 12.2. The maximum Gasteiger partial charge on any atom is 0.303 e. The summed E-state index contributed by atoms with van der Waals surface area (Å²) in [5, 5.41) is 32.0.